The van der Waals surface area contributed by atoms with Crippen molar-refractivity contribution in [1.29, 1.82) is 0 Å². The topological polar surface area (TPSA) is 96.0 Å². The van der Waals surface area contributed by atoms with Gasteiger partial charge in [-0.1, -0.05) is 49.4 Å². The van der Waals surface area contributed by atoms with Crippen LogP contribution in [-0.2, 0) is 32.6 Å². The van der Waals surface area contributed by atoms with Gasteiger partial charge in [0.05, 0.1) is 19.1 Å². The minimum atomic E-state index is -3.93. The number of nitrogens with zero attached hydrogens (tertiary/aromatic N) is 2. The molecule has 3 rings (SSSR count). The molecule has 214 valence electrons. The molecule has 2 amide bonds. The van der Waals surface area contributed by atoms with Crippen LogP contribution in [0, 0.1) is 5.82 Å². The summed E-state index contributed by atoms with van der Waals surface area (Å²) in [5.74, 6) is -0.884. The summed E-state index contributed by atoms with van der Waals surface area (Å²) in [6, 6.07) is 20.2. The van der Waals surface area contributed by atoms with Crippen LogP contribution in [0.5, 0.6) is 5.75 Å². The van der Waals surface area contributed by atoms with Crippen molar-refractivity contribution in [2.75, 3.05) is 24.2 Å². The normalized spacial score (nSPS) is 12.7. The van der Waals surface area contributed by atoms with Gasteiger partial charge in [0, 0.05) is 19.0 Å². The number of carbonyl (C=O) groups is 2. The van der Waals surface area contributed by atoms with Crippen molar-refractivity contribution in [3.63, 3.8) is 0 Å². The number of ether oxygens (including phenoxy) is 1. The molecule has 3 aromatic carbocycles. The summed E-state index contributed by atoms with van der Waals surface area (Å²) in [5.41, 5.74) is 1.69. The van der Waals surface area contributed by atoms with Gasteiger partial charge >= 0.3 is 0 Å². The summed E-state index contributed by atoms with van der Waals surface area (Å²) in [5, 5.41) is 2.98. The molecule has 0 aromatic heterocycles. The molecule has 1 N–H and O–H groups in total. The Morgan fingerprint density at radius 3 is 2.23 bits per heavy atom. The molecule has 0 bridgehead atoms. The van der Waals surface area contributed by atoms with Crippen molar-refractivity contribution in [2.45, 2.75) is 45.3 Å². The molecule has 0 unspecified atom stereocenters. The van der Waals surface area contributed by atoms with Crippen LogP contribution in [0.1, 0.15) is 31.4 Å². The number of rotatable bonds is 13. The van der Waals surface area contributed by atoms with Crippen LogP contribution in [0.15, 0.2) is 78.9 Å². The van der Waals surface area contributed by atoms with Gasteiger partial charge in [-0.25, -0.2) is 12.8 Å². The second-order valence-electron chi connectivity index (χ2n) is 9.64. The molecule has 3 aromatic rings. The van der Waals surface area contributed by atoms with E-state index in [2.05, 4.69) is 5.32 Å². The number of carbonyl (C=O) groups excluding carboxylic acids is 2. The van der Waals surface area contributed by atoms with Gasteiger partial charge in [0.25, 0.3) is 0 Å². The van der Waals surface area contributed by atoms with Crippen molar-refractivity contribution >= 4 is 27.5 Å². The van der Waals surface area contributed by atoms with E-state index in [0.717, 1.165) is 28.3 Å². The molecule has 0 aliphatic carbocycles. The number of hydrogen-bond acceptors (Lipinski definition) is 5. The Kier molecular flexibility index (Phi) is 10.7. The first kappa shape index (κ1) is 30.6. The number of sulfonamides is 1. The standard InChI is InChI=1S/C30H36FN3O5S/c1-5-22(2)32-30(36)28(19-23-10-7-6-8-11-23)33(20-24-12-9-13-27(18-24)39-3)29(35)21-34(40(4,37)38)26-16-14-25(31)15-17-26/h6-18,22,28H,5,19-21H2,1-4H3,(H,32,36)/t22-,28-/m1/s1. The fourth-order valence-corrected chi connectivity index (χ4v) is 5.03. The van der Waals surface area contributed by atoms with Crippen molar-refractivity contribution in [2.24, 2.45) is 0 Å². The van der Waals surface area contributed by atoms with Gasteiger partial charge in [0.1, 0.15) is 24.2 Å². The molecule has 0 radical (unpaired) electrons. The second-order valence-corrected chi connectivity index (χ2v) is 11.5. The van der Waals surface area contributed by atoms with E-state index in [0.29, 0.717) is 17.7 Å². The zero-order valence-electron chi connectivity index (χ0n) is 23.2. The van der Waals surface area contributed by atoms with E-state index in [-0.39, 0.29) is 30.6 Å². The summed E-state index contributed by atoms with van der Waals surface area (Å²) in [7, 11) is -2.39. The van der Waals surface area contributed by atoms with E-state index >= 15 is 0 Å². The number of halogens is 1. The minimum Gasteiger partial charge on any atom is -0.497 e. The van der Waals surface area contributed by atoms with E-state index in [1.165, 1.54) is 24.1 Å². The largest absolute Gasteiger partial charge is 0.497 e. The smallest absolute Gasteiger partial charge is 0.244 e. The fraction of sp³-hybridized carbons (Fsp3) is 0.333. The third kappa shape index (κ3) is 8.54. The summed E-state index contributed by atoms with van der Waals surface area (Å²) in [6.07, 6.45) is 1.89. The van der Waals surface area contributed by atoms with Gasteiger partial charge in [0.15, 0.2) is 0 Å². The van der Waals surface area contributed by atoms with Gasteiger partial charge in [-0.15, -0.1) is 0 Å². The molecule has 0 aliphatic heterocycles. The Labute approximate surface area is 235 Å². The molecule has 40 heavy (non-hydrogen) atoms. The van der Waals surface area contributed by atoms with Crippen LogP contribution < -0.4 is 14.4 Å². The number of methoxy groups -OCH3 is 1. The third-order valence-corrected chi connectivity index (χ3v) is 7.69. The van der Waals surface area contributed by atoms with E-state index in [1.807, 2.05) is 50.2 Å². The molecule has 0 heterocycles. The molecule has 0 saturated heterocycles. The summed E-state index contributed by atoms with van der Waals surface area (Å²) >= 11 is 0. The van der Waals surface area contributed by atoms with E-state index in [9.17, 15) is 22.4 Å². The zero-order chi connectivity index (χ0) is 29.3. The lowest BCUT2D eigenvalue weighted by Crippen LogP contribution is -2.54. The highest BCUT2D eigenvalue weighted by molar-refractivity contribution is 7.92. The van der Waals surface area contributed by atoms with Gasteiger partial charge in [-0.05, 0) is 60.9 Å². The van der Waals surface area contributed by atoms with E-state index in [1.54, 1.807) is 18.2 Å². The van der Waals surface area contributed by atoms with Crippen LogP contribution in [0.4, 0.5) is 10.1 Å². The quantitative estimate of drug-likeness (QED) is 0.334. The summed E-state index contributed by atoms with van der Waals surface area (Å²) in [4.78, 5) is 29.1. The second kappa shape index (κ2) is 13.9. The van der Waals surface area contributed by atoms with Gasteiger partial charge in [-0.2, -0.15) is 0 Å². The average Bonchev–Trinajstić information content (AvgIpc) is 2.94. The molecule has 0 saturated carbocycles. The van der Waals surface area contributed by atoms with E-state index < -0.39 is 34.3 Å². The first-order valence-corrected chi connectivity index (χ1v) is 14.9. The van der Waals surface area contributed by atoms with Crippen molar-refractivity contribution in [3.05, 3.63) is 95.8 Å². The maximum absolute atomic E-state index is 14.0. The Hall–Kier alpha value is -3.92. The van der Waals surface area contributed by atoms with Crippen LogP contribution in [0.2, 0.25) is 0 Å². The Morgan fingerprint density at radius 1 is 0.975 bits per heavy atom. The first-order valence-electron chi connectivity index (χ1n) is 13.0. The van der Waals surface area contributed by atoms with Gasteiger partial charge < -0.3 is 15.0 Å². The first-order chi connectivity index (χ1) is 19.0. The number of benzene rings is 3. The molecule has 2 atom stereocenters. The van der Waals surface area contributed by atoms with Crippen molar-refractivity contribution in [1.82, 2.24) is 10.2 Å². The van der Waals surface area contributed by atoms with Crippen LogP contribution in [0.25, 0.3) is 0 Å². The monoisotopic (exact) mass is 569 g/mol. The molecular formula is C30H36FN3O5S. The molecular weight excluding hydrogens is 533 g/mol. The predicted octanol–water partition coefficient (Wildman–Crippen LogP) is 4.16. The van der Waals surface area contributed by atoms with Gasteiger partial charge in [0.2, 0.25) is 21.8 Å². The predicted molar refractivity (Wildman–Crippen MR) is 154 cm³/mol. The molecule has 10 heteroatoms. The van der Waals surface area contributed by atoms with Crippen molar-refractivity contribution in [3.8, 4) is 5.75 Å². The summed E-state index contributed by atoms with van der Waals surface area (Å²) < 4.78 is 45.4. The highest BCUT2D eigenvalue weighted by atomic mass is 32.2. The molecule has 0 aliphatic rings. The molecule has 8 nitrogen and oxygen atoms in total. The lowest BCUT2D eigenvalue weighted by atomic mass is 10.0. The summed E-state index contributed by atoms with van der Waals surface area (Å²) in [6.45, 7) is 3.29. The highest BCUT2D eigenvalue weighted by Crippen LogP contribution is 2.22. The molecule has 0 spiro atoms. The van der Waals surface area contributed by atoms with Crippen LogP contribution >= 0.6 is 0 Å². The highest BCUT2D eigenvalue weighted by Gasteiger charge is 2.33. The number of nitrogens with one attached hydrogen (secondary N) is 1. The lowest BCUT2D eigenvalue weighted by molar-refractivity contribution is -0.140. The Bertz CT molecular complexity index is 1380. The van der Waals surface area contributed by atoms with E-state index in [4.69, 9.17) is 4.74 Å². The molecule has 0 fully saturated rings. The SMILES string of the molecule is CC[C@@H](C)NC(=O)[C@@H](Cc1ccccc1)N(Cc1cccc(OC)c1)C(=O)CN(c1ccc(F)cc1)S(C)(=O)=O. The van der Waals surface area contributed by atoms with Crippen molar-refractivity contribution < 1.29 is 27.1 Å². The fourth-order valence-electron chi connectivity index (χ4n) is 4.18. The maximum Gasteiger partial charge on any atom is 0.244 e. The number of anilines is 1. The third-order valence-electron chi connectivity index (χ3n) is 6.55. The van der Waals surface area contributed by atoms with Gasteiger partial charge in [-0.3, -0.25) is 13.9 Å². The zero-order valence-corrected chi connectivity index (χ0v) is 24.0. The van der Waals surface area contributed by atoms with Crippen LogP contribution in [-0.4, -0.2) is 57.1 Å². The van der Waals surface area contributed by atoms with Crippen LogP contribution in [0.3, 0.4) is 0 Å². The average molecular weight is 570 g/mol. The number of amides is 2. The minimum absolute atomic E-state index is 0.0302. The Morgan fingerprint density at radius 2 is 1.62 bits per heavy atom. The maximum atomic E-state index is 14.0. The Balaban J connectivity index is 2.06. The number of hydrogen-bond donors (Lipinski definition) is 1. The lowest BCUT2D eigenvalue weighted by Gasteiger charge is -2.34.